The smallest absolute Gasteiger partial charge is 0.262 e. The largest absolute Gasteiger partial charge is 0.497 e. The van der Waals surface area contributed by atoms with E-state index in [4.69, 9.17) is 14.5 Å². The van der Waals surface area contributed by atoms with Crippen molar-refractivity contribution in [3.05, 3.63) is 70.0 Å². The number of methoxy groups -OCH3 is 2. The molecule has 2 aliphatic heterocycles. The first-order valence-corrected chi connectivity index (χ1v) is 11.7. The summed E-state index contributed by atoms with van der Waals surface area (Å²) in [6.07, 6.45) is 6.52. The summed E-state index contributed by atoms with van der Waals surface area (Å²) in [4.78, 5) is 30.2. The molecule has 10 heteroatoms. The van der Waals surface area contributed by atoms with Gasteiger partial charge >= 0.3 is 0 Å². The number of aromatic amines is 1. The topological polar surface area (TPSA) is 101 Å². The van der Waals surface area contributed by atoms with E-state index in [2.05, 4.69) is 30.9 Å². The molecule has 0 atom stereocenters. The van der Waals surface area contributed by atoms with Crippen molar-refractivity contribution in [3.8, 4) is 11.4 Å². The van der Waals surface area contributed by atoms with Crippen molar-refractivity contribution in [1.82, 2.24) is 29.6 Å². The van der Waals surface area contributed by atoms with Gasteiger partial charge in [-0.3, -0.25) is 19.7 Å². The van der Waals surface area contributed by atoms with E-state index in [1.807, 2.05) is 12.3 Å². The highest BCUT2D eigenvalue weighted by atomic mass is 16.5. The molecule has 1 saturated heterocycles. The fourth-order valence-electron chi connectivity index (χ4n) is 4.97. The molecular weight excluding hydrogens is 446 g/mol. The van der Waals surface area contributed by atoms with Crippen molar-refractivity contribution in [2.75, 3.05) is 38.8 Å². The van der Waals surface area contributed by atoms with Crippen molar-refractivity contribution in [3.63, 3.8) is 0 Å². The highest BCUT2D eigenvalue weighted by molar-refractivity contribution is 5.88. The van der Waals surface area contributed by atoms with Crippen LogP contribution in [0.1, 0.15) is 16.8 Å². The van der Waals surface area contributed by atoms with E-state index >= 15 is 0 Å². The maximum atomic E-state index is 13.2. The average Bonchev–Trinajstić information content (AvgIpc) is 3.39. The fourth-order valence-corrected chi connectivity index (χ4v) is 4.97. The van der Waals surface area contributed by atoms with Crippen molar-refractivity contribution < 1.29 is 9.47 Å². The van der Waals surface area contributed by atoms with Crippen LogP contribution in [0, 0.1) is 0 Å². The molecule has 180 valence electrons. The molecule has 1 fully saturated rings. The van der Waals surface area contributed by atoms with Gasteiger partial charge in [0, 0.05) is 70.6 Å². The first-order valence-electron chi connectivity index (χ1n) is 11.7. The van der Waals surface area contributed by atoms with Crippen LogP contribution in [-0.2, 0) is 24.2 Å². The average molecular weight is 474 g/mol. The maximum Gasteiger partial charge on any atom is 0.262 e. The Bertz CT molecular complexity index is 1430. The summed E-state index contributed by atoms with van der Waals surface area (Å²) in [5.41, 5.74) is 4.65. The number of nitrogens with zero attached hydrogens (tertiary/aromatic N) is 6. The molecule has 3 aromatic heterocycles. The van der Waals surface area contributed by atoms with Gasteiger partial charge in [-0.15, -0.1) is 0 Å². The van der Waals surface area contributed by atoms with Crippen molar-refractivity contribution >= 4 is 16.9 Å². The summed E-state index contributed by atoms with van der Waals surface area (Å²) in [5, 5.41) is 4.77. The third-order valence-corrected chi connectivity index (χ3v) is 6.90. The van der Waals surface area contributed by atoms with Crippen LogP contribution in [0.2, 0.25) is 0 Å². The van der Waals surface area contributed by atoms with Crippen molar-refractivity contribution in [1.29, 1.82) is 0 Å². The van der Waals surface area contributed by atoms with Crippen LogP contribution in [0.4, 0.5) is 5.95 Å². The highest BCUT2D eigenvalue weighted by Crippen LogP contribution is 2.28. The molecule has 2 aliphatic rings. The molecule has 10 nitrogen and oxygen atoms in total. The third-order valence-electron chi connectivity index (χ3n) is 6.90. The molecule has 4 aromatic rings. The van der Waals surface area contributed by atoms with Crippen LogP contribution in [0.3, 0.4) is 0 Å². The number of H-pyrrole nitrogens is 1. The molecule has 0 unspecified atom stereocenters. The molecule has 0 saturated carbocycles. The highest BCUT2D eigenvalue weighted by Gasteiger charge is 2.29. The Morgan fingerprint density at radius 2 is 2.09 bits per heavy atom. The molecule has 6 rings (SSSR count). The van der Waals surface area contributed by atoms with Crippen LogP contribution in [0.15, 0.2) is 47.7 Å². The zero-order valence-corrected chi connectivity index (χ0v) is 19.8. The van der Waals surface area contributed by atoms with E-state index in [-0.39, 0.29) is 5.56 Å². The lowest BCUT2D eigenvalue weighted by atomic mass is 9.97. The lowest BCUT2D eigenvalue weighted by Gasteiger charge is -2.38. The lowest BCUT2D eigenvalue weighted by Crippen LogP contribution is -2.51. The lowest BCUT2D eigenvalue weighted by molar-refractivity contribution is -0.0340. The number of benzene rings is 1. The van der Waals surface area contributed by atoms with E-state index in [1.54, 1.807) is 43.4 Å². The summed E-state index contributed by atoms with van der Waals surface area (Å²) < 4.78 is 12.5. The third kappa shape index (κ3) is 3.94. The Labute approximate surface area is 202 Å². The van der Waals surface area contributed by atoms with Gasteiger partial charge in [0.15, 0.2) is 0 Å². The van der Waals surface area contributed by atoms with Crippen LogP contribution in [0.5, 0.6) is 5.75 Å². The summed E-state index contributed by atoms with van der Waals surface area (Å²) >= 11 is 0. The second kappa shape index (κ2) is 8.79. The van der Waals surface area contributed by atoms with Crippen LogP contribution in [0.25, 0.3) is 16.6 Å². The SMILES string of the molecule is COc1cc(-n2cccn2)c2c(=O)[nH]c(N3CCc4c(ccnc4CN4CC(OC)C4)C3)nc2c1. The van der Waals surface area contributed by atoms with E-state index in [1.165, 1.54) is 11.1 Å². The molecule has 0 spiro atoms. The zero-order valence-electron chi connectivity index (χ0n) is 19.8. The summed E-state index contributed by atoms with van der Waals surface area (Å²) in [7, 11) is 3.36. The Morgan fingerprint density at radius 1 is 1.20 bits per heavy atom. The Kier molecular flexibility index (Phi) is 5.46. The second-order valence-electron chi connectivity index (χ2n) is 9.00. The first kappa shape index (κ1) is 21.8. The summed E-state index contributed by atoms with van der Waals surface area (Å²) in [5.74, 6) is 1.17. The minimum absolute atomic E-state index is 0.204. The number of hydrogen-bond donors (Lipinski definition) is 1. The molecular formula is C25H27N7O3. The number of ether oxygens (including phenoxy) is 2. The van der Waals surface area contributed by atoms with E-state index in [9.17, 15) is 4.79 Å². The molecule has 0 radical (unpaired) electrons. The summed E-state index contributed by atoms with van der Waals surface area (Å²) in [6.45, 7) is 4.14. The Morgan fingerprint density at radius 3 is 2.86 bits per heavy atom. The van der Waals surface area contributed by atoms with Crippen molar-refractivity contribution in [2.24, 2.45) is 0 Å². The number of anilines is 1. The van der Waals surface area contributed by atoms with Gasteiger partial charge in [0.05, 0.1) is 35.5 Å². The van der Waals surface area contributed by atoms with Gasteiger partial charge < -0.3 is 14.4 Å². The van der Waals surface area contributed by atoms with Gasteiger partial charge in [-0.05, 0) is 29.7 Å². The van der Waals surface area contributed by atoms with Gasteiger partial charge in [-0.1, -0.05) is 0 Å². The second-order valence-corrected chi connectivity index (χ2v) is 9.00. The van der Waals surface area contributed by atoms with Crippen LogP contribution in [-0.4, -0.2) is 69.6 Å². The van der Waals surface area contributed by atoms with Gasteiger partial charge in [-0.2, -0.15) is 5.10 Å². The minimum atomic E-state index is -0.204. The number of hydrogen-bond acceptors (Lipinski definition) is 8. The molecule has 1 aromatic carbocycles. The molecule has 0 amide bonds. The Hall–Kier alpha value is -3.76. The minimum Gasteiger partial charge on any atom is -0.497 e. The number of fused-ring (bicyclic) bond motifs is 2. The summed E-state index contributed by atoms with van der Waals surface area (Å²) in [6, 6.07) is 7.47. The number of aromatic nitrogens is 5. The van der Waals surface area contributed by atoms with Gasteiger partial charge in [-0.25, -0.2) is 9.67 Å². The number of nitrogens with one attached hydrogen (secondary N) is 1. The fraction of sp³-hybridized carbons (Fsp3) is 0.360. The molecule has 35 heavy (non-hydrogen) atoms. The predicted octanol–water partition coefficient (Wildman–Crippen LogP) is 1.91. The Balaban J connectivity index is 1.31. The number of rotatable bonds is 6. The van der Waals surface area contributed by atoms with E-state index in [0.29, 0.717) is 40.9 Å². The molecule has 0 aliphatic carbocycles. The standard InChI is InChI=1S/C25H27N7O3/c1-34-17-10-20-23(22(11-17)32-8-3-6-27-32)24(33)29-25(28-20)31-9-5-19-16(12-31)4-7-26-21(19)15-30-13-18(14-30)35-2/h3-4,6-8,10-11,18H,5,9,12-15H2,1-2H3,(H,28,29,33). The number of pyridine rings is 1. The monoisotopic (exact) mass is 473 g/mol. The maximum absolute atomic E-state index is 13.2. The number of likely N-dealkylation sites (tertiary alicyclic amines) is 1. The normalized spacial score (nSPS) is 16.3. The quantitative estimate of drug-likeness (QED) is 0.453. The van der Waals surface area contributed by atoms with Crippen LogP contribution < -0.4 is 15.2 Å². The predicted molar refractivity (Wildman–Crippen MR) is 131 cm³/mol. The molecule has 0 bridgehead atoms. The zero-order chi connectivity index (χ0) is 23.9. The van der Waals surface area contributed by atoms with Gasteiger partial charge in [0.1, 0.15) is 5.75 Å². The van der Waals surface area contributed by atoms with E-state index in [0.717, 1.165) is 38.3 Å². The molecule has 5 heterocycles. The van der Waals surface area contributed by atoms with Gasteiger partial charge in [0.2, 0.25) is 5.95 Å². The van der Waals surface area contributed by atoms with Gasteiger partial charge in [0.25, 0.3) is 5.56 Å². The van der Waals surface area contributed by atoms with E-state index < -0.39 is 0 Å². The van der Waals surface area contributed by atoms with Crippen LogP contribution >= 0.6 is 0 Å². The first-order chi connectivity index (χ1) is 17.1. The van der Waals surface area contributed by atoms with Crippen molar-refractivity contribution in [2.45, 2.75) is 25.6 Å². The molecule has 1 N–H and O–H groups in total.